The molecule has 0 bridgehead atoms. The molecule has 0 spiro atoms. The highest BCUT2D eigenvalue weighted by Crippen LogP contribution is 2.28. The summed E-state index contributed by atoms with van der Waals surface area (Å²) in [6.07, 6.45) is 3.29. The average molecular weight is 399 g/mol. The van der Waals surface area contributed by atoms with Gasteiger partial charge in [-0.25, -0.2) is 24.9 Å². The first kappa shape index (κ1) is 18.0. The Morgan fingerprint density at radius 3 is 2.67 bits per heavy atom. The lowest BCUT2D eigenvalue weighted by atomic mass is 10.3. The second-order valence-corrected chi connectivity index (χ2v) is 7.19. The molecule has 0 saturated heterocycles. The first-order valence-electron chi connectivity index (χ1n) is 9.77. The number of aromatic nitrogens is 7. The van der Waals surface area contributed by atoms with Crippen LogP contribution in [0.2, 0.25) is 0 Å². The Kier molecular flexibility index (Phi) is 4.47. The Bertz CT molecular complexity index is 1270. The van der Waals surface area contributed by atoms with Crippen LogP contribution in [0.5, 0.6) is 0 Å². The number of anilines is 3. The fraction of sp³-hybridized carbons (Fsp3) is 0.190. The number of hydrogen-bond donors (Lipinski definition) is 3. The lowest BCUT2D eigenvalue weighted by Gasteiger charge is -2.12. The molecule has 4 heterocycles. The van der Waals surface area contributed by atoms with Crippen LogP contribution >= 0.6 is 0 Å². The number of imidazole rings is 2. The van der Waals surface area contributed by atoms with Crippen LogP contribution in [0.3, 0.4) is 0 Å². The second kappa shape index (κ2) is 7.43. The summed E-state index contributed by atoms with van der Waals surface area (Å²) < 4.78 is 2.04. The molecule has 0 fully saturated rings. The number of hydrogen-bond acceptors (Lipinski definition) is 7. The molecule has 150 valence electrons. The lowest BCUT2D eigenvalue weighted by molar-refractivity contribution is 0.620. The van der Waals surface area contributed by atoms with Crippen LogP contribution in [-0.2, 0) is 6.54 Å². The predicted octanol–water partition coefficient (Wildman–Crippen LogP) is 4.03. The van der Waals surface area contributed by atoms with Gasteiger partial charge in [0.25, 0.3) is 0 Å². The molecule has 0 aliphatic heterocycles. The largest absolute Gasteiger partial charge is 0.361 e. The quantitative estimate of drug-likeness (QED) is 0.395. The van der Waals surface area contributed by atoms with Crippen LogP contribution in [-0.4, -0.2) is 34.5 Å². The Balaban J connectivity index is 1.48. The van der Waals surface area contributed by atoms with E-state index in [2.05, 4.69) is 49.4 Å². The number of nitrogens with zero attached hydrogens (tertiary/aromatic N) is 6. The first-order valence-corrected chi connectivity index (χ1v) is 9.77. The van der Waals surface area contributed by atoms with E-state index in [1.165, 1.54) is 0 Å². The van der Waals surface area contributed by atoms with Crippen molar-refractivity contribution in [2.75, 3.05) is 10.6 Å². The molecule has 0 aliphatic carbocycles. The minimum atomic E-state index is 0.152. The van der Waals surface area contributed by atoms with Crippen LogP contribution in [0.25, 0.3) is 22.2 Å². The van der Waals surface area contributed by atoms with Gasteiger partial charge < -0.3 is 15.6 Å². The topological polar surface area (TPSA) is 109 Å². The zero-order valence-corrected chi connectivity index (χ0v) is 16.7. The molecule has 5 rings (SSSR count). The molecule has 1 aromatic carbocycles. The average Bonchev–Trinajstić information content (AvgIpc) is 3.33. The maximum absolute atomic E-state index is 4.78. The van der Waals surface area contributed by atoms with Crippen molar-refractivity contribution in [3.63, 3.8) is 0 Å². The third-order valence-corrected chi connectivity index (χ3v) is 4.76. The normalized spacial score (nSPS) is 11.4. The number of aromatic amines is 1. The van der Waals surface area contributed by atoms with E-state index >= 15 is 0 Å². The molecular weight excluding hydrogens is 378 g/mol. The van der Waals surface area contributed by atoms with Crippen molar-refractivity contribution < 1.29 is 0 Å². The van der Waals surface area contributed by atoms with E-state index in [1.807, 2.05) is 47.0 Å². The summed E-state index contributed by atoms with van der Waals surface area (Å²) in [5.41, 5.74) is 3.40. The van der Waals surface area contributed by atoms with Crippen molar-refractivity contribution in [1.82, 2.24) is 34.5 Å². The third kappa shape index (κ3) is 3.30. The lowest BCUT2D eigenvalue weighted by Crippen LogP contribution is -2.07. The molecule has 0 atom stereocenters. The van der Waals surface area contributed by atoms with Gasteiger partial charge in [-0.1, -0.05) is 18.2 Å². The van der Waals surface area contributed by atoms with Gasteiger partial charge in [-0.05, 0) is 38.1 Å². The number of pyridine rings is 1. The molecule has 5 aromatic rings. The fourth-order valence-electron chi connectivity index (χ4n) is 3.42. The number of rotatable bonds is 6. The van der Waals surface area contributed by atoms with Crippen LogP contribution in [0.15, 0.2) is 55.0 Å². The highest BCUT2D eigenvalue weighted by atomic mass is 15.3. The Morgan fingerprint density at radius 2 is 1.87 bits per heavy atom. The van der Waals surface area contributed by atoms with Crippen molar-refractivity contribution >= 4 is 39.8 Å². The van der Waals surface area contributed by atoms with Crippen LogP contribution in [0.4, 0.5) is 17.6 Å². The summed E-state index contributed by atoms with van der Waals surface area (Å²) >= 11 is 0. The van der Waals surface area contributed by atoms with Crippen LogP contribution in [0, 0.1) is 0 Å². The Morgan fingerprint density at radius 1 is 1.00 bits per heavy atom. The zero-order chi connectivity index (χ0) is 20.5. The van der Waals surface area contributed by atoms with E-state index in [0.29, 0.717) is 23.8 Å². The van der Waals surface area contributed by atoms with Gasteiger partial charge in [-0.2, -0.15) is 0 Å². The van der Waals surface area contributed by atoms with Gasteiger partial charge >= 0.3 is 0 Å². The molecular formula is C21H21N9. The van der Waals surface area contributed by atoms with Gasteiger partial charge in [-0.15, -0.1) is 0 Å². The summed E-state index contributed by atoms with van der Waals surface area (Å²) in [5, 5.41) is 6.63. The Hall–Kier alpha value is -4.01. The fourth-order valence-corrected chi connectivity index (χ4v) is 3.42. The molecule has 9 heteroatoms. The van der Waals surface area contributed by atoms with Crippen molar-refractivity contribution in [3.05, 3.63) is 60.8 Å². The number of fused-ring (bicyclic) bond motifs is 2. The predicted molar refractivity (Wildman–Crippen MR) is 117 cm³/mol. The number of benzene rings is 1. The van der Waals surface area contributed by atoms with Gasteiger partial charge in [0.1, 0.15) is 18.0 Å². The minimum Gasteiger partial charge on any atom is -0.361 e. The maximum atomic E-state index is 4.78. The van der Waals surface area contributed by atoms with Gasteiger partial charge in [0.15, 0.2) is 17.0 Å². The maximum Gasteiger partial charge on any atom is 0.211 e. The molecule has 4 aromatic heterocycles. The summed E-state index contributed by atoms with van der Waals surface area (Å²) in [4.78, 5) is 25.9. The van der Waals surface area contributed by atoms with E-state index < -0.39 is 0 Å². The monoisotopic (exact) mass is 399 g/mol. The summed E-state index contributed by atoms with van der Waals surface area (Å²) in [7, 11) is 0. The van der Waals surface area contributed by atoms with Gasteiger partial charge in [0.2, 0.25) is 5.95 Å². The van der Waals surface area contributed by atoms with Gasteiger partial charge in [-0.3, -0.25) is 4.57 Å². The van der Waals surface area contributed by atoms with E-state index in [-0.39, 0.29) is 6.04 Å². The molecule has 0 aliphatic rings. The highest BCUT2D eigenvalue weighted by Gasteiger charge is 2.18. The molecule has 9 nitrogen and oxygen atoms in total. The molecule has 0 amide bonds. The smallest absolute Gasteiger partial charge is 0.211 e. The van der Waals surface area contributed by atoms with E-state index in [9.17, 15) is 0 Å². The third-order valence-electron chi connectivity index (χ3n) is 4.76. The van der Waals surface area contributed by atoms with Crippen molar-refractivity contribution in [1.29, 1.82) is 0 Å². The summed E-state index contributed by atoms with van der Waals surface area (Å²) in [5.74, 6) is 2.88. The minimum absolute atomic E-state index is 0.152. The number of nitrogens with one attached hydrogen (secondary N) is 3. The van der Waals surface area contributed by atoms with Gasteiger partial charge in [0, 0.05) is 12.2 Å². The standard InChI is InChI=1S/C21H21N9/c1-13(2)30-20-18(29-21(30)28-16-9-5-6-10-22-16)19(24-12-25-20)23-11-17-26-14-7-3-4-8-15(14)27-17/h3-10,12-13H,11H2,1-2H3,(H,26,27)(H,22,28,29)(H,23,24,25). The SMILES string of the molecule is CC(C)n1c(Nc2ccccn2)nc2c(NCc3nc4ccccc4[nH]3)ncnc21. The van der Waals surface area contributed by atoms with E-state index in [0.717, 1.165) is 28.3 Å². The molecule has 3 N–H and O–H groups in total. The van der Waals surface area contributed by atoms with Crippen LogP contribution < -0.4 is 10.6 Å². The highest BCUT2D eigenvalue weighted by molar-refractivity contribution is 5.86. The molecule has 0 saturated carbocycles. The zero-order valence-electron chi connectivity index (χ0n) is 16.7. The molecule has 0 radical (unpaired) electrons. The van der Waals surface area contributed by atoms with E-state index in [1.54, 1.807) is 12.5 Å². The van der Waals surface area contributed by atoms with Crippen molar-refractivity contribution in [2.45, 2.75) is 26.4 Å². The molecule has 30 heavy (non-hydrogen) atoms. The van der Waals surface area contributed by atoms with Gasteiger partial charge in [0.05, 0.1) is 17.6 Å². The van der Waals surface area contributed by atoms with E-state index in [4.69, 9.17) is 4.98 Å². The Labute approximate surface area is 172 Å². The van der Waals surface area contributed by atoms with Crippen molar-refractivity contribution in [3.8, 4) is 0 Å². The summed E-state index contributed by atoms with van der Waals surface area (Å²) in [6, 6.07) is 13.8. The number of H-pyrrole nitrogens is 1. The first-order chi connectivity index (χ1) is 14.7. The molecule has 0 unspecified atom stereocenters. The summed E-state index contributed by atoms with van der Waals surface area (Å²) in [6.45, 7) is 4.68. The van der Waals surface area contributed by atoms with Crippen LogP contribution in [0.1, 0.15) is 25.7 Å². The number of para-hydroxylation sites is 2. The second-order valence-electron chi connectivity index (χ2n) is 7.19. The van der Waals surface area contributed by atoms with Crippen molar-refractivity contribution in [2.24, 2.45) is 0 Å².